The molecule has 1 unspecified atom stereocenters. The van der Waals surface area contributed by atoms with Crippen LogP contribution in [0.2, 0.25) is 10.0 Å². The van der Waals surface area contributed by atoms with E-state index >= 15 is 0 Å². The van der Waals surface area contributed by atoms with Crippen molar-refractivity contribution in [3.8, 4) is 0 Å². The lowest BCUT2D eigenvalue weighted by Crippen LogP contribution is -2.39. The standard InChI is InChI=1S/C18H22Cl2N4O3S/c1-2-22-18(23-10-12-3-5-16(6-4-12)28(21,26)27)24-11-17(25)13-7-14(19)9-15(20)8-13/h3-9,17,25H,2,10-11H2,1H3,(H2,21,26,27)(H2,22,23,24). The maximum atomic E-state index is 11.3. The average molecular weight is 445 g/mol. The summed E-state index contributed by atoms with van der Waals surface area (Å²) < 4.78 is 22.6. The van der Waals surface area contributed by atoms with E-state index < -0.39 is 16.1 Å². The van der Waals surface area contributed by atoms with Crippen molar-refractivity contribution in [3.63, 3.8) is 0 Å². The van der Waals surface area contributed by atoms with E-state index in [0.717, 1.165) is 5.56 Å². The molecule has 7 nitrogen and oxygen atoms in total. The van der Waals surface area contributed by atoms with E-state index in [4.69, 9.17) is 28.3 Å². The van der Waals surface area contributed by atoms with E-state index in [2.05, 4.69) is 15.6 Å². The molecular formula is C18H22Cl2N4O3S. The van der Waals surface area contributed by atoms with Gasteiger partial charge in [-0.2, -0.15) is 0 Å². The molecule has 0 saturated carbocycles. The molecule has 28 heavy (non-hydrogen) atoms. The first-order valence-electron chi connectivity index (χ1n) is 8.47. The van der Waals surface area contributed by atoms with E-state index in [1.165, 1.54) is 12.1 Å². The molecular weight excluding hydrogens is 423 g/mol. The lowest BCUT2D eigenvalue weighted by atomic mass is 10.1. The Bertz CT molecular complexity index is 914. The molecule has 0 aliphatic rings. The van der Waals surface area contributed by atoms with E-state index in [0.29, 0.717) is 34.7 Å². The monoisotopic (exact) mass is 444 g/mol. The topological polar surface area (TPSA) is 117 Å². The number of benzene rings is 2. The van der Waals surface area contributed by atoms with Crippen LogP contribution in [0.5, 0.6) is 0 Å². The fourth-order valence-electron chi connectivity index (χ4n) is 2.38. The van der Waals surface area contributed by atoms with Gasteiger partial charge in [0.2, 0.25) is 10.0 Å². The zero-order valence-corrected chi connectivity index (χ0v) is 17.5. The fourth-order valence-corrected chi connectivity index (χ4v) is 3.43. The highest BCUT2D eigenvalue weighted by Gasteiger charge is 2.11. The highest BCUT2D eigenvalue weighted by Crippen LogP contribution is 2.23. The molecule has 0 amide bonds. The second-order valence-electron chi connectivity index (χ2n) is 5.98. The lowest BCUT2D eigenvalue weighted by Gasteiger charge is -2.16. The molecule has 0 aliphatic carbocycles. The number of hydrogen-bond acceptors (Lipinski definition) is 4. The summed E-state index contributed by atoms with van der Waals surface area (Å²) in [7, 11) is -3.72. The summed E-state index contributed by atoms with van der Waals surface area (Å²) in [6, 6.07) is 11.1. The number of hydrogen-bond donors (Lipinski definition) is 4. The Labute approximate surface area is 174 Å². The molecule has 0 radical (unpaired) electrons. The van der Waals surface area contributed by atoms with Gasteiger partial charge in [-0.15, -0.1) is 0 Å². The molecule has 5 N–H and O–H groups in total. The summed E-state index contributed by atoms with van der Waals surface area (Å²) in [6.07, 6.45) is -0.825. The van der Waals surface area contributed by atoms with Crippen LogP contribution < -0.4 is 15.8 Å². The highest BCUT2D eigenvalue weighted by atomic mass is 35.5. The molecule has 2 rings (SSSR count). The third-order valence-corrected chi connectivity index (χ3v) is 5.11. The van der Waals surface area contributed by atoms with Gasteiger partial charge in [0, 0.05) is 23.1 Å². The molecule has 152 valence electrons. The normalized spacial score (nSPS) is 13.2. The van der Waals surface area contributed by atoms with Crippen LogP contribution >= 0.6 is 23.2 Å². The number of guanidine groups is 1. The minimum absolute atomic E-state index is 0.0496. The van der Waals surface area contributed by atoms with Crippen molar-refractivity contribution in [2.75, 3.05) is 13.1 Å². The minimum atomic E-state index is -3.72. The molecule has 10 heteroatoms. The van der Waals surface area contributed by atoms with Crippen LogP contribution in [-0.4, -0.2) is 32.6 Å². The molecule has 0 spiro atoms. The van der Waals surface area contributed by atoms with Gasteiger partial charge in [-0.25, -0.2) is 18.5 Å². The summed E-state index contributed by atoms with van der Waals surface area (Å²) in [5, 5.41) is 22.5. The first-order valence-corrected chi connectivity index (χ1v) is 10.8. The van der Waals surface area contributed by atoms with Crippen LogP contribution in [0, 0.1) is 0 Å². The predicted octanol–water partition coefficient (Wildman–Crippen LogP) is 2.43. The maximum absolute atomic E-state index is 11.3. The smallest absolute Gasteiger partial charge is 0.238 e. The van der Waals surface area contributed by atoms with E-state index in [-0.39, 0.29) is 11.4 Å². The van der Waals surface area contributed by atoms with Crippen molar-refractivity contribution in [2.45, 2.75) is 24.5 Å². The van der Waals surface area contributed by atoms with Gasteiger partial charge in [-0.1, -0.05) is 35.3 Å². The van der Waals surface area contributed by atoms with Crippen LogP contribution in [0.25, 0.3) is 0 Å². The molecule has 0 saturated heterocycles. The Morgan fingerprint density at radius 2 is 1.75 bits per heavy atom. The van der Waals surface area contributed by atoms with Crippen molar-refractivity contribution < 1.29 is 13.5 Å². The Hall–Kier alpha value is -1.84. The Morgan fingerprint density at radius 1 is 1.14 bits per heavy atom. The third-order valence-electron chi connectivity index (χ3n) is 3.75. The number of rotatable bonds is 7. The highest BCUT2D eigenvalue weighted by molar-refractivity contribution is 7.89. The number of nitrogens with zero attached hydrogens (tertiary/aromatic N) is 1. The van der Waals surface area contributed by atoms with Crippen LogP contribution in [0.3, 0.4) is 0 Å². The summed E-state index contributed by atoms with van der Waals surface area (Å²) in [5.74, 6) is 0.505. The van der Waals surface area contributed by atoms with E-state index in [1.54, 1.807) is 30.3 Å². The Kier molecular flexibility index (Phi) is 8.09. The first-order chi connectivity index (χ1) is 13.2. The molecule has 0 fully saturated rings. The van der Waals surface area contributed by atoms with Gasteiger partial charge in [-0.05, 0) is 48.4 Å². The fraction of sp³-hybridized carbons (Fsp3) is 0.278. The van der Waals surface area contributed by atoms with Crippen molar-refractivity contribution in [1.29, 1.82) is 0 Å². The Balaban J connectivity index is 2.01. The minimum Gasteiger partial charge on any atom is -0.387 e. The zero-order valence-electron chi connectivity index (χ0n) is 15.2. The molecule has 1 atom stereocenters. The van der Waals surface area contributed by atoms with Crippen LogP contribution in [0.1, 0.15) is 24.2 Å². The van der Waals surface area contributed by atoms with Gasteiger partial charge in [0.05, 0.1) is 17.5 Å². The van der Waals surface area contributed by atoms with E-state index in [1.807, 2.05) is 6.92 Å². The van der Waals surface area contributed by atoms with Gasteiger partial charge in [-0.3, -0.25) is 0 Å². The van der Waals surface area contributed by atoms with E-state index in [9.17, 15) is 13.5 Å². The second kappa shape index (κ2) is 10.1. The van der Waals surface area contributed by atoms with Gasteiger partial charge >= 0.3 is 0 Å². The second-order valence-corrected chi connectivity index (χ2v) is 8.42. The van der Waals surface area contributed by atoms with Crippen molar-refractivity contribution in [1.82, 2.24) is 10.6 Å². The van der Waals surface area contributed by atoms with Gasteiger partial charge in [0.1, 0.15) is 0 Å². The number of nitrogens with one attached hydrogen (secondary N) is 2. The SMILES string of the molecule is CCNC(=NCc1ccc(S(N)(=O)=O)cc1)NCC(O)c1cc(Cl)cc(Cl)c1. The lowest BCUT2D eigenvalue weighted by molar-refractivity contribution is 0.181. The maximum Gasteiger partial charge on any atom is 0.238 e. The number of primary sulfonamides is 1. The van der Waals surface area contributed by atoms with Crippen LogP contribution in [-0.2, 0) is 16.6 Å². The number of nitrogens with two attached hydrogens (primary N) is 1. The summed E-state index contributed by atoms with van der Waals surface area (Å²) in [5.41, 5.74) is 1.41. The van der Waals surface area contributed by atoms with Gasteiger partial charge < -0.3 is 15.7 Å². The summed E-state index contributed by atoms with van der Waals surface area (Å²) >= 11 is 11.9. The summed E-state index contributed by atoms with van der Waals surface area (Å²) in [6.45, 7) is 3.08. The van der Waals surface area contributed by atoms with Gasteiger partial charge in [0.15, 0.2) is 5.96 Å². The molecule has 2 aromatic rings. The largest absolute Gasteiger partial charge is 0.387 e. The Morgan fingerprint density at radius 3 is 2.29 bits per heavy atom. The number of sulfonamides is 1. The predicted molar refractivity (Wildman–Crippen MR) is 112 cm³/mol. The van der Waals surface area contributed by atoms with Crippen LogP contribution in [0.15, 0.2) is 52.4 Å². The van der Waals surface area contributed by atoms with Crippen molar-refractivity contribution in [2.24, 2.45) is 10.1 Å². The van der Waals surface area contributed by atoms with Crippen molar-refractivity contribution >= 4 is 39.2 Å². The zero-order chi connectivity index (χ0) is 20.7. The average Bonchev–Trinajstić information content (AvgIpc) is 2.62. The first kappa shape index (κ1) is 22.4. The molecule has 0 aliphatic heterocycles. The van der Waals surface area contributed by atoms with Crippen molar-refractivity contribution in [3.05, 3.63) is 63.6 Å². The number of halogens is 2. The molecule has 0 bridgehead atoms. The molecule has 2 aromatic carbocycles. The quantitative estimate of drug-likeness (QED) is 0.386. The number of aliphatic imine (C=N–C) groups is 1. The number of aliphatic hydroxyl groups excluding tert-OH is 1. The van der Waals surface area contributed by atoms with Crippen LogP contribution in [0.4, 0.5) is 0 Å². The number of aliphatic hydroxyl groups is 1. The molecule has 0 aromatic heterocycles. The summed E-state index contributed by atoms with van der Waals surface area (Å²) in [4.78, 5) is 4.48. The third kappa shape index (κ3) is 6.96. The van der Waals surface area contributed by atoms with Gasteiger partial charge in [0.25, 0.3) is 0 Å². The molecule has 0 heterocycles.